The Hall–Kier alpha value is -1.42. The summed E-state index contributed by atoms with van der Waals surface area (Å²) in [6.45, 7) is 7.24. The zero-order valence-electron chi connectivity index (χ0n) is 11.9. The zero-order chi connectivity index (χ0) is 14.6. The lowest BCUT2D eigenvalue weighted by Crippen LogP contribution is -2.46. The lowest BCUT2D eigenvalue weighted by molar-refractivity contribution is -0.126. The summed E-state index contributed by atoms with van der Waals surface area (Å²) >= 11 is 0. The first-order valence-electron chi connectivity index (χ1n) is 6.47. The van der Waals surface area contributed by atoms with Crippen molar-refractivity contribution in [2.45, 2.75) is 39.2 Å². The molecule has 1 aromatic rings. The summed E-state index contributed by atoms with van der Waals surface area (Å²) in [6.07, 6.45) is 0. The van der Waals surface area contributed by atoms with Gasteiger partial charge in [-0.05, 0) is 44.4 Å². The number of aliphatic hydroxyl groups is 1. The number of carbonyl (C=O) groups is 1. The first kappa shape index (κ1) is 15.6. The van der Waals surface area contributed by atoms with Crippen molar-refractivity contribution in [3.05, 3.63) is 35.6 Å². The van der Waals surface area contributed by atoms with Crippen LogP contribution in [0.4, 0.5) is 4.39 Å². The summed E-state index contributed by atoms with van der Waals surface area (Å²) in [7, 11) is 0. The Balaban J connectivity index is 2.85. The minimum Gasteiger partial charge on any atom is -0.396 e. The zero-order valence-corrected chi connectivity index (χ0v) is 11.9. The number of benzene rings is 1. The van der Waals surface area contributed by atoms with Crippen molar-refractivity contribution in [2.75, 3.05) is 6.61 Å². The Bertz CT molecular complexity index is 446. The van der Waals surface area contributed by atoms with Gasteiger partial charge in [-0.2, -0.15) is 0 Å². The third kappa shape index (κ3) is 3.77. The number of hydrogen-bond donors (Lipinski definition) is 2. The van der Waals surface area contributed by atoms with Gasteiger partial charge >= 0.3 is 0 Å². The largest absolute Gasteiger partial charge is 0.396 e. The van der Waals surface area contributed by atoms with Gasteiger partial charge < -0.3 is 10.4 Å². The molecule has 106 valence electrons. The summed E-state index contributed by atoms with van der Waals surface area (Å²) in [5, 5.41) is 11.9. The van der Waals surface area contributed by atoms with E-state index in [1.807, 2.05) is 13.8 Å². The van der Waals surface area contributed by atoms with Crippen molar-refractivity contribution in [3.8, 4) is 0 Å². The van der Waals surface area contributed by atoms with Crippen LogP contribution in [0.25, 0.3) is 0 Å². The smallest absolute Gasteiger partial charge is 0.230 e. The van der Waals surface area contributed by atoms with E-state index in [9.17, 15) is 9.18 Å². The lowest BCUT2D eigenvalue weighted by Gasteiger charge is -2.28. The molecule has 0 saturated heterocycles. The van der Waals surface area contributed by atoms with Gasteiger partial charge in [0.25, 0.3) is 0 Å². The second-order valence-corrected chi connectivity index (χ2v) is 5.56. The molecular weight excluding hydrogens is 245 g/mol. The first-order valence-corrected chi connectivity index (χ1v) is 6.47. The molecule has 0 bridgehead atoms. The molecule has 0 aliphatic carbocycles. The Morgan fingerprint density at radius 3 is 2.58 bits per heavy atom. The number of amides is 1. The standard InChI is InChI=1S/C15H22FNO2/c1-10(9-18)11(2)17-14(19)15(3,4)12-6-5-7-13(16)8-12/h5-8,10-11,18H,9H2,1-4H3,(H,17,19). The maximum Gasteiger partial charge on any atom is 0.230 e. The highest BCUT2D eigenvalue weighted by Crippen LogP contribution is 2.24. The third-order valence-corrected chi connectivity index (χ3v) is 3.61. The SMILES string of the molecule is CC(CO)C(C)NC(=O)C(C)(C)c1cccc(F)c1. The van der Waals surface area contributed by atoms with Gasteiger partial charge in [0.1, 0.15) is 5.82 Å². The monoisotopic (exact) mass is 267 g/mol. The fourth-order valence-corrected chi connectivity index (χ4v) is 1.70. The molecule has 0 saturated carbocycles. The summed E-state index contributed by atoms with van der Waals surface area (Å²) < 4.78 is 13.2. The van der Waals surface area contributed by atoms with Gasteiger partial charge in [-0.1, -0.05) is 19.1 Å². The van der Waals surface area contributed by atoms with Crippen LogP contribution in [0.1, 0.15) is 33.3 Å². The van der Waals surface area contributed by atoms with Crippen LogP contribution in [0.15, 0.2) is 24.3 Å². The van der Waals surface area contributed by atoms with Gasteiger partial charge in [-0.15, -0.1) is 0 Å². The summed E-state index contributed by atoms with van der Waals surface area (Å²) in [5.74, 6) is -0.548. The van der Waals surface area contributed by atoms with Gasteiger partial charge in [0.15, 0.2) is 0 Å². The molecule has 2 atom stereocenters. The van der Waals surface area contributed by atoms with E-state index in [4.69, 9.17) is 5.11 Å². The van der Waals surface area contributed by atoms with E-state index in [-0.39, 0.29) is 30.3 Å². The number of aliphatic hydroxyl groups excluding tert-OH is 1. The molecule has 19 heavy (non-hydrogen) atoms. The summed E-state index contributed by atoms with van der Waals surface area (Å²) in [4.78, 5) is 12.3. The Labute approximate surface area is 113 Å². The van der Waals surface area contributed by atoms with E-state index >= 15 is 0 Å². The number of hydrogen-bond acceptors (Lipinski definition) is 2. The third-order valence-electron chi connectivity index (χ3n) is 3.61. The van der Waals surface area contributed by atoms with E-state index in [0.717, 1.165) is 0 Å². The van der Waals surface area contributed by atoms with Gasteiger partial charge in [0, 0.05) is 12.6 Å². The quantitative estimate of drug-likeness (QED) is 0.859. The summed E-state index contributed by atoms with van der Waals surface area (Å²) in [5.41, 5.74) is -0.181. The topological polar surface area (TPSA) is 49.3 Å². The van der Waals surface area contributed by atoms with Gasteiger partial charge in [-0.25, -0.2) is 4.39 Å². The van der Waals surface area contributed by atoms with Gasteiger partial charge in [-0.3, -0.25) is 4.79 Å². The molecule has 0 aliphatic rings. The van der Waals surface area contributed by atoms with E-state index in [0.29, 0.717) is 5.56 Å². The highest BCUT2D eigenvalue weighted by Gasteiger charge is 2.31. The van der Waals surface area contributed by atoms with Crippen molar-refractivity contribution in [3.63, 3.8) is 0 Å². The Kier molecular flexibility index (Phi) is 5.06. The highest BCUT2D eigenvalue weighted by molar-refractivity contribution is 5.87. The van der Waals surface area contributed by atoms with E-state index in [1.54, 1.807) is 26.0 Å². The van der Waals surface area contributed by atoms with Crippen LogP contribution in [0, 0.1) is 11.7 Å². The van der Waals surface area contributed by atoms with Gasteiger partial charge in [0.05, 0.1) is 5.41 Å². The molecule has 2 unspecified atom stereocenters. The van der Waals surface area contributed by atoms with Crippen molar-refractivity contribution in [1.29, 1.82) is 0 Å². The van der Waals surface area contributed by atoms with Crippen molar-refractivity contribution < 1.29 is 14.3 Å². The van der Waals surface area contributed by atoms with Crippen LogP contribution in [0.3, 0.4) is 0 Å². The minimum absolute atomic E-state index is 0.0157. The minimum atomic E-state index is -0.814. The average molecular weight is 267 g/mol. The molecule has 1 rings (SSSR count). The second-order valence-electron chi connectivity index (χ2n) is 5.56. The van der Waals surface area contributed by atoms with E-state index in [2.05, 4.69) is 5.32 Å². The number of rotatable bonds is 5. The molecule has 0 spiro atoms. The molecule has 2 N–H and O–H groups in total. The van der Waals surface area contributed by atoms with Crippen LogP contribution in [-0.2, 0) is 10.2 Å². The average Bonchev–Trinajstić information content (AvgIpc) is 2.37. The molecule has 1 amide bonds. The first-order chi connectivity index (χ1) is 8.78. The molecule has 0 aliphatic heterocycles. The molecule has 3 nitrogen and oxygen atoms in total. The molecule has 0 heterocycles. The molecule has 4 heteroatoms. The maximum atomic E-state index is 13.2. The number of halogens is 1. The highest BCUT2D eigenvalue weighted by atomic mass is 19.1. The summed E-state index contributed by atoms with van der Waals surface area (Å²) in [6, 6.07) is 5.93. The van der Waals surface area contributed by atoms with Crippen LogP contribution in [0.5, 0.6) is 0 Å². The Morgan fingerprint density at radius 1 is 1.42 bits per heavy atom. The molecule has 0 radical (unpaired) electrons. The normalized spacial score (nSPS) is 14.8. The number of carbonyl (C=O) groups excluding carboxylic acids is 1. The van der Waals surface area contributed by atoms with Crippen LogP contribution < -0.4 is 5.32 Å². The fraction of sp³-hybridized carbons (Fsp3) is 0.533. The number of nitrogens with one attached hydrogen (secondary N) is 1. The van der Waals surface area contributed by atoms with E-state index < -0.39 is 5.41 Å². The van der Waals surface area contributed by atoms with Gasteiger partial charge in [0.2, 0.25) is 5.91 Å². The van der Waals surface area contributed by atoms with Crippen molar-refractivity contribution in [1.82, 2.24) is 5.32 Å². The van der Waals surface area contributed by atoms with E-state index in [1.165, 1.54) is 12.1 Å². The fourth-order valence-electron chi connectivity index (χ4n) is 1.70. The lowest BCUT2D eigenvalue weighted by atomic mass is 9.83. The van der Waals surface area contributed by atoms with Crippen LogP contribution >= 0.6 is 0 Å². The van der Waals surface area contributed by atoms with Crippen LogP contribution in [-0.4, -0.2) is 23.7 Å². The predicted molar refractivity (Wildman–Crippen MR) is 73.3 cm³/mol. The van der Waals surface area contributed by atoms with Crippen molar-refractivity contribution >= 4 is 5.91 Å². The molecule has 1 aromatic carbocycles. The Morgan fingerprint density at radius 2 is 2.05 bits per heavy atom. The molecular formula is C15H22FNO2. The molecule has 0 aromatic heterocycles. The maximum absolute atomic E-state index is 13.2. The second kappa shape index (κ2) is 6.15. The predicted octanol–water partition coefficient (Wildman–Crippen LogP) is 2.24. The molecule has 0 fully saturated rings. The van der Waals surface area contributed by atoms with Crippen LogP contribution in [0.2, 0.25) is 0 Å². The van der Waals surface area contributed by atoms with Crippen molar-refractivity contribution in [2.24, 2.45) is 5.92 Å².